The van der Waals surface area contributed by atoms with Crippen LogP contribution in [0.25, 0.3) is 21.8 Å². The number of piperazine rings is 1. The van der Waals surface area contributed by atoms with Crippen molar-refractivity contribution in [3.05, 3.63) is 46.8 Å². The van der Waals surface area contributed by atoms with E-state index in [9.17, 15) is 4.79 Å². The summed E-state index contributed by atoms with van der Waals surface area (Å²) in [6.45, 7) is 2.15. The minimum atomic E-state index is -0.0514. The van der Waals surface area contributed by atoms with E-state index in [1.165, 1.54) is 6.42 Å². The summed E-state index contributed by atoms with van der Waals surface area (Å²) in [7, 11) is 2.20. The molecule has 0 amide bonds. The minimum absolute atomic E-state index is 0.0514. The molecule has 5 nitrogen and oxygen atoms in total. The summed E-state index contributed by atoms with van der Waals surface area (Å²) < 4.78 is 0. The molecule has 116 valence electrons. The third-order valence-electron chi connectivity index (χ3n) is 5.36. The van der Waals surface area contributed by atoms with Crippen molar-refractivity contribution in [1.82, 2.24) is 14.9 Å². The van der Waals surface area contributed by atoms with Gasteiger partial charge in [0.15, 0.2) is 0 Å². The average Bonchev–Trinajstić information content (AvgIpc) is 3.14. The van der Waals surface area contributed by atoms with Gasteiger partial charge in [-0.2, -0.15) is 0 Å². The van der Waals surface area contributed by atoms with E-state index in [-0.39, 0.29) is 5.56 Å². The van der Waals surface area contributed by atoms with Crippen LogP contribution in [0.4, 0.5) is 5.82 Å². The van der Waals surface area contributed by atoms with Crippen molar-refractivity contribution in [1.29, 1.82) is 0 Å². The molecule has 1 N–H and O–H groups in total. The Morgan fingerprint density at radius 1 is 1.09 bits per heavy atom. The van der Waals surface area contributed by atoms with Gasteiger partial charge in [-0.15, -0.1) is 0 Å². The number of nitrogens with one attached hydrogen (secondary N) is 1. The molecule has 0 aliphatic carbocycles. The van der Waals surface area contributed by atoms with Gasteiger partial charge in [-0.3, -0.25) is 9.69 Å². The number of likely N-dealkylation sites (tertiary alicyclic amines) is 1. The molecule has 2 bridgehead atoms. The first-order chi connectivity index (χ1) is 11.2. The SMILES string of the molecule is CN1C[C@@H]2C[C@H]1CN2c1ccc2[nH]c(=O)c3ccccc3c2n1. The first-order valence-electron chi connectivity index (χ1n) is 8.09. The highest BCUT2D eigenvalue weighted by atomic mass is 16.1. The van der Waals surface area contributed by atoms with Gasteiger partial charge < -0.3 is 9.88 Å². The number of likely N-dealkylation sites (N-methyl/N-ethyl adjacent to an activating group) is 1. The Hall–Kier alpha value is -2.40. The molecule has 2 aliphatic heterocycles. The van der Waals surface area contributed by atoms with Crippen LogP contribution >= 0.6 is 0 Å². The molecule has 0 unspecified atom stereocenters. The van der Waals surface area contributed by atoms with E-state index in [0.29, 0.717) is 17.5 Å². The highest BCUT2D eigenvalue weighted by Gasteiger charge is 2.41. The number of hydrogen-bond acceptors (Lipinski definition) is 4. The zero-order valence-electron chi connectivity index (χ0n) is 13.0. The minimum Gasteiger partial charge on any atom is -0.351 e. The van der Waals surface area contributed by atoms with Crippen molar-refractivity contribution in [3.8, 4) is 0 Å². The second kappa shape index (κ2) is 4.55. The van der Waals surface area contributed by atoms with E-state index in [2.05, 4.69) is 21.8 Å². The Morgan fingerprint density at radius 3 is 2.65 bits per heavy atom. The molecule has 0 radical (unpaired) electrons. The number of pyridine rings is 2. The van der Waals surface area contributed by atoms with Crippen LogP contribution in [-0.4, -0.2) is 47.1 Å². The molecule has 2 saturated heterocycles. The molecule has 4 heterocycles. The maximum atomic E-state index is 12.2. The summed E-state index contributed by atoms with van der Waals surface area (Å²) >= 11 is 0. The van der Waals surface area contributed by atoms with Crippen LogP contribution in [0, 0.1) is 0 Å². The van der Waals surface area contributed by atoms with Crippen molar-refractivity contribution in [3.63, 3.8) is 0 Å². The molecule has 5 rings (SSSR count). The third-order valence-corrected chi connectivity index (χ3v) is 5.36. The van der Waals surface area contributed by atoms with Gasteiger partial charge in [0.05, 0.1) is 11.0 Å². The molecular weight excluding hydrogens is 288 g/mol. The van der Waals surface area contributed by atoms with Gasteiger partial charge in [0.25, 0.3) is 5.56 Å². The highest BCUT2D eigenvalue weighted by Crippen LogP contribution is 2.33. The largest absolute Gasteiger partial charge is 0.351 e. The second-order valence-corrected chi connectivity index (χ2v) is 6.70. The standard InChI is InChI=1S/C18H18N4O/c1-21-9-12-8-11(21)10-22(12)16-7-6-15-17(20-16)13-4-2-3-5-14(13)18(23)19-15/h2-7,11-12H,8-10H2,1H3,(H,19,23)/t11-,12-/m0/s1. The number of H-pyrrole nitrogens is 1. The number of hydrogen-bond donors (Lipinski definition) is 1. The number of benzene rings is 1. The van der Waals surface area contributed by atoms with Crippen molar-refractivity contribution >= 4 is 27.6 Å². The van der Waals surface area contributed by atoms with E-state index in [1.54, 1.807) is 0 Å². The fourth-order valence-corrected chi connectivity index (χ4v) is 4.14. The first-order valence-corrected chi connectivity index (χ1v) is 8.09. The quantitative estimate of drug-likeness (QED) is 0.698. The maximum Gasteiger partial charge on any atom is 0.256 e. The van der Waals surface area contributed by atoms with Crippen molar-refractivity contribution in [2.75, 3.05) is 25.0 Å². The van der Waals surface area contributed by atoms with Crippen LogP contribution < -0.4 is 10.5 Å². The zero-order valence-corrected chi connectivity index (χ0v) is 13.0. The predicted molar refractivity (Wildman–Crippen MR) is 92.0 cm³/mol. The van der Waals surface area contributed by atoms with Gasteiger partial charge >= 0.3 is 0 Å². The average molecular weight is 306 g/mol. The lowest BCUT2D eigenvalue weighted by molar-refractivity contribution is 0.292. The lowest BCUT2D eigenvalue weighted by Gasteiger charge is -2.32. The zero-order chi connectivity index (χ0) is 15.6. The predicted octanol–water partition coefficient (Wildman–Crippen LogP) is 1.97. The van der Waals surface area contributed by atoms with Crippen LogP contribution in [0.15, 0.2) is 41.2 Å². The topological polar surface area (TPSA) is 52.2 Å². The Morgan fingerprint density at radius 2 is 1.91 bits per heavy atom. The molecule has 3 aromatic rings. The first kappa shape index (κ1) is 13.1. The van der Waals surface area contributed by atoms with Gasteiger partial charge in [-0.25, -0.2) is 4.98 Å². The van der Waals surface area contributed by atoms with Crippen LogP contribution in [0.3, 0.4) is 0 Å². The smallest absolute Gasteiger partial charge is 0.256 e. The highest BCUT2D eigenvalue weighted by molar-refractivity contribution is 6.03. The van der Waals surface area contributed by atoms with Crippen molar-refractivity contribution in [2.24, 2.45) is 0 Å². The van der Waals surface area contributed by atoms with E-state index < -0.39 is 0 Å². The Labute approximate surface area is 133 Å². The van der Waals surface area contributed by atoms with Crippen LogP contribution in [-0.2, 0) is 0 Å². The van der Waals surface area contributed by atoms with Crippen LogP contribution in [0.1, 0.15) is 6.42 Å². The summed E-state index contributed by atoms with van der Waals surface area (Å²) in [6.07, 6.45) is 1.22. The van der Waals surface area contributed by atoms with Gasteiger partial charge in [0.2, 0.25) is 0 Å². The van der Waals surface area contributed by atoms with Crippen molar-refractivity contribution < 1.29 is 0 Å². The summed E-state index contributed by atoms with van der Waals surface area (Å²) in [6, 6.07) is 12.9. The molecule has 1 aromatic carbocycles. The third kappa shape index (κ3) is 1.83. The second-order valence-electron chi connectivity index (χ2n) is 6.70. The normalized spacial score (nSPS) is 24.1. The summed E-state index contributed by atoms with van der Waals surface area (Å²) in [5, 5.41) is 1.63. The Kier molecular flexibility index (Phi) is 2.59. The molecule has 0 spiro atoms. The number of aromatic amines is 1. The molecule has 2 fully saturated rings. The van der Waals surface area contributed by atoms with Crippen LogP contribution in [0.2, 0.25) is 0 Å². The van der Waals surface area contributed by atoms with Gasteiger partial charge in [-0.05, 0) is 31.7 Å². The molecule has 2 aliphatic rings. The van der Waals surface area contributed by atoms with Crippen molar-refractivity contribution in [2.45, 2.75) is 18.5 Å². The lowest BCUT2D eigenvalue weighted by atomic mass is 10.1. The lowest BCUT2D eigenvalue weighted by Crippen LogP contribution is -2.44. The molecular formula is C18H18N4O. The van der Waals surface area contributed by atoms with E-state index in [1.807, 2.05) is 36.4 Å². The van der Waals surface area contributed by atoms with Gasteiger partial charge in [-0.1, -0.05) is 18.2 Å². The summed E-state index contributed by atoms with van der Waals surface area (Å²) in [4.78, 5) is 24.9. The van der Waals surface area contributed by atoms with E-state index in [4.69, 9.17) is 4.98 Å². The molecule has 23 heavy (non-hydrogen) atoms. The fourth-order valence-electron chi connectivity index (χ4n) is 4.14. The number of fused-ring (bicyclic) bond motifs is 5. The molecule has 2 atom stereocenters. The molecule has 2 aromatic heterocycles. The Balaban J connectivity index is 1.69. The number of anilines is 1. The number of rotatable bonds is 1. The number of nitrogens with zero attached hydrogens (tertiary/aromatic N) is 3. The summed E-state index contributed by atoms with van der Waals surface area (Å²) in [5.41, 5.74) is 1.64. The Bertz CT molecular complexity index is 978. The number of aromatic nitrogens is 2. The van der Waals surface area contributed by atoms with E-state index in [0.717, 1.165) is 35.3 Å². The maximum absolute atomic E-state index is 12.2. The monoisotopic (exact) mass is 306 g/mol. The molecule has 0 saturated carbocycles. The fraction of sp³-hybridized carbons (Fsp3) is 0.333. The van der Waals surface area contributed by atoms with Gasteiger partial charge in [0.1, 0.15) is 5.82 Å². The summed E-state index contributed by atoms with van der Waals surface area (Å²) in [5.74, 6) is 1.02. The molecule has 5 heteroatoms. The van der Waals surface area contributed by atoms with Gasteiger partial charge in [0, 0.05) is 35.9 Å². The van der Waals surface area contributed by atoms with Crippen LogP contribution in [0.5, 0.6) is 0 Å². The van der Waals surface area contributed by atoms with E-state index >= 15 is 0 Å².